The van der Waals surface area contributed by atoms with E-state index in [2.05, 4.69) is 29.6 Å². The molecule has 2 aromatic rings. The number of carbonyl (C=O) groups excluding carboxylic acids is 1. The number of likely N-dealkylation sites (N-methyl/N-ethyl adjacent to an activating group) is 1. The molecule has 0 saturated heterocycles. The van der Waals surface area contributed by atoms with E-state index < -0.39 is 0 Å². The normalized spacial score (nSPS) is 10.9. The summed E-state index contributed by atoms with van der Waals surface area (Å²) in [6, 6.07) is 8.42. The molecule has 1 heterocycles. The van der Waals surface area contributed by atoms with Crippen molar-refractivity contribution in [3.63, 3.8) is 0 Å². The molecular formula is C15H21N3O. The third kappa shape index (κ3) is 2.96. The van der Waals surface area contributed by atoms with Gasteiger partial charge in [0.1, 0.15) is 6.54 Å². The highest BCUT2D eigenvalue weighted by Gasteiger charge is 2.09. The molecule has 4 heteroatoms. The average molecular weight is 259 g/mol. The zero-order valence-corrected chi connectivity index (χ0v) is 11.8. The lowest BCUT2D eigenvalue weighted by Crippen LogP contribution is -2.29. The first-order chi connectivity index (χ1) is 9.15. The largest absolute Gasteiger partial charge is 0.344 e. The van der Waals surface area contributed by atoms with E-state index in [1.54, 1.807) is 4.90 Å². The summed E-state index contributed by atoms with van der Waals surface area (Å²) in [5, 5.41) is 4.32. The molecule has 19 heavy (non-hydrogen) atoms. The highest BCUT2D eigenvalue weighted by atomic mass is 16.2. The van der Waals surface area contributed by atoms with Crippen LogP contribution in [0, 0.1) is 0 Å². The Morgan fingerprint density at radius 1 is 1.37 bits per heavy atom. The lowest BCUT2D eigenvalue weighted by molar-refractivity contribution is -0.130. The van der Waals surface area contributed by atoms with Crippen LogP contribution < -0.4 is 5.32 Å². The van der Waals surface area contributed by atoms with E-state index in [-0.39, 0.29) is 5.91 Å². The summed E-state index contributed by atoms with van der Waals surface area (Å²) in [5.41, 5.74) is 2.34. The molecule has 0 aliphatic heterocycles. The molecule has 0 aliphatic rings. The van der Waals surface area contributed by atoms with Gasteiger partial charge in [0.2, 0.25) is 5.91 Å². The number of rotatable bonds is 5. The quantitative estimate of drug-likeness (QED) is 0.889. The van der Waals surface area contributed by atoms with Crippen LogP contribution in [0.5, 0.6) is 0 Å². The van der Waals surface area contributed by atoms with E-state index in [1.165, 1.54) is 10.9 Å². The molecule has 1 amide bonds. The topological polar surface area (TPSA) is 37.3 Å². The molecule has 1 aromatic carbocycles. The van der Waals surface area contributed by atoms with Crippen LogP contribution in [0.15, 0.2) is 30.5 Å². The fourth-order valence-electron chi connectivity index (χ4n) is 2.12. The Morgan fingerprint density at radius 3 is 2.84 bits per heavy atom. The van der Waals surface area contributed by atoms with Gasteiger partial charge in [-0.1, -0.05) is 12.1 Å². The third-order valence-electron chi connectivity index (χ3n) is 3.42. The van der Waals surface area contributed by atoms with Gasteiger partial charge >= 0.3 is 0 Å². The molecule has 0 spiro atoms. The van der Waals surface area contributed by atoms with Crippen molar-refractivity contribution in [3.05, 3.63) is 36.0 Å². The Labute approximate surface area is 114 Å². The van der Waals surface area contributed by atoms with Gasteiger partial charge < -0.3 is 14.8 Å². The van der Waals surface area contributed by atoms with E-state index in [9.17, 15) is 4.79 Å². The molecule has 0 saturated carbocycles. The molecule has 0 unspecified atom stereocenters. The molecule has 0 radical (unpaired) electrons. The smallest absolute Gasteiger partial charge is 0.242 e. The average Bonchev–Trinajstić information content (AvgIpc) is 2.81. The van der Waals surface area contributed by atoms with Crippen LogP contribution in [0.2, 0.25) is 0 Å². The zero-order chi connectivity index (χ0) is 13.8. The first-order valence-corrected chi connectivity index (χ1v) is 6.62. The standard InChI is InChI=1S/C15H21N3O/c1-4-17(3)15(19)11-18-8-7-13-6-5-12(10-16-2)9-14(13)18/h5-9,16H,4,10-11H2,1-3H3. The second-order valence-corrected chi connectivity index (χ2v) is 4.78. The summed E-state index contributed by atoms with van der Waals surface area (Å²) in [5.74, 6) is 0.138. The molecule has 0 aliphatic carbocycles. The Kier molecular flexibility index (Phi) is 4.22. The second kappa shape index (κ2) is 5.89. The van der Waals surface area contributed by atoms with Gasteiger partial charge in [-0.15, -0.1) is 0 Å². The second-order valence-electron chi connectivity index (χ2n) is 4.78. The predicted octanol–water partition coefficient (Wildman–Crippen LogP) is 1.84. The first-order valence-electron chi connectivity index (χ1n) is 6.62. The Hall–Kier alpha value is -1.81. The van der Waals surface area contributed by atoms with E-state index >= 15 is 0 Å². The van der Waals surface area contributed by atoms with Crippen LogP contribution in [-0.2, 0) is 17.9 Å². The van der Waals surface area contributed by atoms with Crippen LogP contribution >= 0.6 is 0 Å². The molecule has 0 fully saturated rings. The maximum atomic E-state index is 12.0. The number of nitrogens with one attached hydrogen (secondary N) is 1. The van der Waals surface area contributed by atoms with E-state index in [0.29, 0.717) is 6.54 Å². The van der Waals surface area contributed by atoms with E-state index in [1.807, 2.05) is 31.8 Å². The highest BCUT2D eigenvalue weighted by molar-refractivity contribution is 5.83. The van der Waals surface area contributed by atoms with Crippen molar-refractivity contribution in [2.45, 2.75) is 20.0 Å². The van der Waals surface area contributed by atoms with Crippen LogP contribution in [0.25, 0.3) is 10.9 Å². The van der Waals surface area contributed by atoms with Gasteiger partial charge in [0.25, 0.3) is 0 Å². The van der Waals surface area contributed by atoms with Gasteiger partial charge in [-0.3, -0.25) is 4.79 Å². The summed E-state index contributed by atoms with van der Waals surface area (Å²) in [4.78, 5) is 13.7. The molecule has 0 bridgehead atoms. The van der Waals surface area contributed by atoms with Crippen molar-refractivity contribution in [1.29, 1.82) is 0 Å². The van der Waals surface area contributed by atoms with Crippen molar-refractivity contribution >= 4 is 16.8 Å². The maximum Gasteiger partial charge on any atom is 0.242 e. The lowest BCUT2D eigenvalue weighted by atomic mass is 10.1. The number of benzene rings is 1. The SMILES string of the molecule is CCN(C)C(=O)Cn1ccc2ccc(CNC)cc21. The number of hydrogen-bond donors (Lipinski definition) is 1. The van der Waals surface area contributed by atoms with Crippen molar-refractivity contribution in [2.75, 3.05) is 20.6 Å². The number of aromatic nitrogens is 1. The summed E-state index contributed by atoms with van der Waals surface area (Å²) in [6.07, 6.45) is 1.98. The van der Waals surface area contributed by atoms with Crippen molar-refractivity contribution in [1.82, 2.24) is 14.8 Å². The van der Waals surface area contributed by atoms with Crippen LogP contribution in [0.4, 0.5) is 0 Å². The minimum Gasteiger partial charge on any atom is -0.344 e. The Balaban J connectivity index is 2.28. The van der Waals surface area contributed by atoms with Crippen molar-refractivity contribution in [2.24, 2.45) is 0 Å². The number of carbonyl (C=O) groups is 1. The maximum absolute atomic E-state index is 12.0. The van der Waals surface area contributed by atoms with E-state index in [0.717, 1.165) is 18.6 Å². The molecule has 0 atom stereocenters. The van der Waals surface area contributed by atoms with Crippen LogP contribution in [0.3, 0.4) is 0 Å². The number of fused-ring (bicyclic) bond motifs is 1. The van der Waals surface area contributed by atoms with Gasteiger partial charge in [0.15, 0.2) is 0 Å². The van der Waals surface area contributed by atoms with Gasteiger partial charge in [-0.2, -0.15) is 0 Å². The predicted molar refractivity (Wildman–Crippen MR) is 78.0 cm³/mol. The van der Waals surface area contributed by atoms with Gasteiger partial charge in [-0.05, 0) is 37.1 Å². The molecule has 4 nitrogen and oxygen atoms in total. The van der Waals surface area contributed by atoms with Crippen LogP contribution in [-0.4, -0.2) is 36.0 Å². The van der Waals surface area contributed by atoms with E-state index in [4.69, 9.17) is 0 Å². The van der Waals surface area contributed by atoms with Gasteiger partial charge in [-0.25, -0.2) is 0 Å². The molecule has 2 rings (SSSR count). The number of amides is 1. The highest BCUT2D eigenvalue weighted by Crippen LogP contribution is 2.18. The lowest BCUT2D eigenvalue weighted by Gasteiger charge is -2.15. The summed E-state index contributed by atoms with van der Waals surface area (Å²) >= 11 is 0. The Bertz CT molecular complexity index is 574. The van der Waals surface area contributed by atoms with Gasteiger partial charge in [0.05, 0.1) is 0 Å². The minimum atomic E-state index is 0.138. The first kappa shape index (κ1) is 13.6. The summed E-state index contributed by atoms with van der Waals surface area (Å²) < 4.78 is 2.02. The summed E-state index contributed by atoms with van der Waals surface area (Å²) in [7, 11) is 3.77. The van der Waals surface area contributed by atoms with Crippen molar-refractivity contribution in [3.8, 4) is 0 Å². The molecule has 1 N–H and O–H groups in total. The number of hydrogen-bond acceptors (Lipinski definition) is 2. The fourth-order valence-corrected chi connectivity index (χ4v) is 2.12. The molecule has 1 aromatic heterocycles. The molecular weight excluding hydrogens is 238 g/mol. The Morgan fingerprint density at radius 2 is 2.16 bits per heavy atom. The fraction of sp³-hybridized carbons (Fsp3) is 0.400. The minimum absolute atomic E-state index is 0.138. The number of nitrogens with zero attached hydrogens (tertiary/aromatic N) is 2. The summed E-state index contributed by atoms with van der Waals surface area (Å²) in [6.45, 7) is 3.96. The van der Waals surface area contributed by atoms with Gasteiger partial charge in [0, 0.05) is 31.9 Å². The zero-order valence-electron chi connectivity index (χ0n) is 11.8. The third-order valence-corrected chi connectivity index (χ3v) is 3.42. The van der Waals surface area contributed by atoms with Crippen molar-refractivity contribution < 1.29 is 4.79 Å². The molecule has 102 valence electrons. The van der Waals surface area contributed by atoms with Crippen LogP contribution in [0.1, 0.15) is 12.5 Å². The monoisotopic (exact) mass is 259 g/mol.